The number of H-pyrrole nitrogens is 1. The van der Waals surface area contributed by atoms with Crippen LogP contribution in [0.4, 0.5) is 4.39 Å². The Morgan fingerprint density at radius 1 is 1.70 bits per heavy atom. The molecular formula is C12H19FN4O3. The fourth-order valence-corrected chi connectivity index (χ4v) is 1.62. The molecule has 0 fully saturated rings. The number of aliphatic hydroxyl groups excluding tert-OH is 2. The molecule has 1 unspecified atom stereocenters. The number of amidine groups is 1. The van der Waals surface area contributed by atoms with Crippen LogP contribution < -0.4 is 5.73 Å². The average molecular weight is 286 g/mol. The smallest absolute Gasteiger partial charge is 0.168 e. The predicted molar refractivity (Wildman–Crippen MR) is 72.7 cm³/mol. The van der Waals surface area contributed by atoms with Crippen molar-refractivity contribution in [2.45, 2.75) is 24.8 Å². The third kappa shape index (κ3) is 3.21. The van der Waals surface area contributed by atoms with E-state index in [-0.39, 0.29) is 11.5 Å². The number of aromatic nitrogens is 1. The van der Waals surface area contributed by atoms with Crippen LogP contribution in [0, 0.1) is 5.41 Å². The van der Waals surface area contributed by atoms with E-state index in [2.05, 4.69) is 9.98 Å². The van der Waals surface area contributed by atoms with Gasteiger partial charge in [0, 0.05) is 7.11 Å². The van der Waals surface area contributed by atoms with Crippen LogP contribution in [-0.4, -0.2) is 52.8 Å². The first-order valence-electron chi connectivity index (χ1n) is 5.89. The molecule has 0 spiro atoms. The molecule has 0 aliphatic rings. The second-order valence-electron chi connectivity index (χ2n) is 4.49. The summed E-state index contributed by atoms with van der Waals surface area (Å²) in [6.07, 6.45) is -2.59. The number of aromatic amines is 1. The van der Waals surface area contributed by atoms with Gasteiger partial charge in [-0.3, -0.25) is 5.41 Å². The van der Waals surface area contributed by atoms with Crippen molar-refractivity contribution in [3.05, 3.63) is 23.5 Å². The monoisotopic (exact) mass is 286 g/mol. The fraction of sp³-hybridized carbons (Fsp3) is 0.500. The Hall–Kier alpha value is -1.77. The summed E-state index contributed by atoms with van der Waals surface area (Å²) in [5.41, 5.74) is 4.54. The summed E-state index contributed by atoms with van der Waals surface area (Å²) in [7, 11) is 1.28. The van der Waals surface area contributed by atoms with Crippen molar-refractivity contribution in [3.63, 3.8) is 0 Å². The quantitative estimate of drug-likeness (QED) is 0.359. The van der Waals surface area contributed by atoms with Crippen molar-refractivity contribution in [2.24, 2.45) is 10.7 Å². The van der Waals surface area contributed by atoms with E-state index in [9.17, 15) is 14.6 Å². The molecule has 7 nitrogen and oxygen atoms in total. The van der Waals surface area contributed by atoms with Gasteiger partial charge in [-0.15, -0.1) is 0 Å². The summed E-state index contributed by atoms with van der Waals surface area (Å²) in [5, 5.41) is 26.0. The molecule has 0 bridgehead atoms. The van der Waals surface area contributed by atoms with Gasteiger partial charge in [0.15, 0.2) is 6.17 Å². The second kappa shape index (κ2) is 6.60. The number of hydrogen-bond donors (Lipinski definition) is 5. The Morgan fingerprint density at radius 2 is 2.35 bits per heavy atom. The predicted octanol–water partition coefficient (Wildman–Crippen LogP) is 0.0960. The van der Waals surface area contributed by atoms with Crippen LogP contribution in [0.5, 0.6) is 0 Å². The third-order valence-corrected chi connectivity index (χ3v) is 3.17. The van der Waals surface area contributed by atoms with E-state index in [1.807, 2.05) is 0 Å². The van der Waals surface area contributed by atoms with Gasteiger partial charge in [-0.05, 0) is 19.1 Å². The van der Waals surface area contributed by atoms with Crippen LogP contribution in [0.15, 0.2) is 17.1 Å². The number of nitrogens with zero attached hydrogens (tertiary/aromatic N) is 1. The number of hydrogen-bond acceptors (Lipinski definition) is 4. The summed E-state index contributed by atoms with van der Waals surface area (Å²) < 4.78 is 19.2. The molecule has 112 valence electrons. The van der Waals surface area contributed by atoms with Gasteiger partial charge in [0.05, 0.1) is 18.0 Å². The molecule has 1 aromatic rings. The van der Waals surface area contributed by atoms with Crippen LogP contribution in [0.25, 0.3) is 0 Å². The highest BCUT2D eigenvalue weighted by Crippen LogP contribution is 2.29. The molecule has 6 N–H and O–H groups in total. The van der Waals surface area contributed by atoms with E-state index in [1.165, 1.54) is 26.2 Å². The lowest BCUT2D eigenvalue weighted by Gasteiger charge is -2.32. The van der Waals surface area contributed by atoms with Gasteiger partial charge in [0.2, 0.25) is 0 Å². The SMILES string of the molecule is COC(C)(CO)[C@@H](O)[C@@H](F)c1ccc(/C(N)=N\C=N)[nH]1. The molecule has 1 aromatic heterocycles. The molecule has 20 heavy (non-hydrogen) atoms. The maximum Gasteiger partial charge on any atom is 0.168 e. The number of aliphatic hydroxyl groups is 2. The summed E-state index contributed by atoms with van der Waals surface area (Å²) in [4.78, 5) is 6.22. The Balaban J connectivity index is 2.96. The number of nitrogens with two attached hydrogens (primary N) is 1. The molecule has 0 saturated heterocycles. The molecule has 0 saturated carbocycles. The minimum Gasteiger partial charge on any atom is -0.393 e. The minimum atomic E-state index is -1.80. The van der Waals surface area contributed by atoms with E-state index in [1.54, 1.807) is 0 Å². The Labute approximate surface area is 115 Å². The number of halogens is 1. The number of methoxy groups -OCH3 is 1. The maximum atomic E-state index is 14.3. The van der Waals surface area contributed by atoms with Crippen molar-refractivity contribution in [2.75, 3.05) is 13.7 Å². The van der Waals surface area contributed by atoms with Crippen molar-refractivity contribution < 1.29 is 19.3 Å². The highest BCUT2D eigenvalue weighted by Gasteiger charge is 2.39. The zero-order valence-corrected chi connectivity index (χ0v) is 11.3. The van der Waals surface area contributed by atoms with E-state index < -0.39 is 24.5 Å². The standard InChI is InChI=1S/C12H19FN4O3/c1-12(5-18,20-2)10(19)9(13)7-3-4-8(17-7)11(15)16-6-14/h3-4,6,9-10,17-19H,5H2,1-2H3,(H3,14,15,16)/t9-,10-,12?/m0/s1. The Kier molecular flexibility index (Phi) is 5.37. The van der Waals surface area contributed by atoms with Gasteiger partial charge < -0.3 is 25.7 Å². The van der Waals surface area contributed by atoms with E-state index in [0.29, 0.717) is 5.69 Å². The lowest BCUT2D eigenvalue weighted by atomic mass is 9.94. The molecule has 1 rings (SSSR count). The van der Waals surface area contributed by atoms with Crippen LogP contribution in [0.3, 0.4) is 0 Å². The molecule has 0 amide bonds. The van der Waals surface area contributed by atoms with Gasteiger partial charge in [-0.1, -0.05) is 0 Å². The van der Waals surface area contributed by atoms with Crippen molar-refractivity contribution in [3.8, 4) is 0 Å². The highest BCUT2D eigenvalue weighted by atomic mass is 19.1. The van der Waals surface area contributed by atoms with Crippen LogP contribution in [-0.2, 0) is 4.74 Å². The molecule has 0 aromatic carbocycles. The molecule has 0 aliphatic carbocycles. The molecule has 0 aliphatic heterocycles. The largest absolute Gasteiger partial charge is 0.393 e. The van der Waals surface area contributed by atoms with Crippen molar-refractivity contribution >= 4 is 12.2 Å². The molecule has 8 heteroatoms. The fourth-order valence-electron chi connectivity index (χ4n) is 1.62. The second-order valence-corrected chi connectivity index (χ2v) is 4.49. The number of alkyl halides is 1. The topological polar surface area (TPSA) is 128 Å². The van der Waals surface area contributed by atoms with Crippen molar-refractivity contribution in [1.82, 2.24) is 4.98 Å². The first kappa shape index (κ1) is 16.3. The summed E-state index contributed by atoms with van der Waals surface area (Å²) in [5.74, 6) is 0.0320. The lowest BCUT2D eigenvalue weighted by molar-refractivity contribution is -0.141. The molecule has 0 radical (unpaired) electrons. The first-order chi connectivity index (χ1) is 9.39. The first-order valence-corrected chi connectivity index (χ1v) is 5.89. The van der Waals surface area contributed by atoms with Gasteiger partial charge in [0.25, 0.3) is 0 Å². The van der Waals surface area contributed by atoms with Gasteiger partial charge in [-0.2, -0.15) is 0 Å². The molecule has 1 heterocycles. The lowest BCUT2D eigenvalue weighted by Crippen LogP contribution is -2.47. The number of nitrogens with one attached hydrogen (secondary N) is 2. The minimum absolute atomic E-state index is 0.0320. The van der Waals surface area contributed by atoms with E-state index >= 15 is 0 Å². The number of ether oxygens (including phenoxy) is 1. The van der Waals surface area contributed by atoms with E-state index in [4.69, 9.17) is 15.9 Å². The normalized spacial score (nSPS) is 18.4. The summed E-state index contributed by atoms with van der Waals surface area (Å²) in [6.45, 7) is 0.870. The number of aliphatic imine (C=N–C) groups is 1. The van der Waals surface area contributed by atoms with Gasteiger partial charge >= 0.3 is 0 Å². The van der Waals surface area contributed by atoms with Crippen molar-refractivity contribution in [1.29, 1.82) is 5.41 Å². The third-order valence-electron chi connectivity index (χ3n) is 3.17. The Bertz CT molecular complexity index is 485. The highest BCUT2D eigenvalue weighted by molar-refractivity contribution is 5.99. The van der Waals surface area contributed by atoms with E-state index in [0.717, 1.165) is 6.34 Å². The Morgan fingerprint density at radius 3 is 2.85 bits per heavy atom. The van der Waals surface area contributed by atoms with Gasteiger partial charge in [0.1, 0.15) is 23.9 Å². The zero-order chi connectivity index (χ0) is 15.3. The average Bonchev–Trinajstić information content (AvgIpc) is 2.95. The maximum absolute atomic E-state index is 14.3. The zero-order valence-electron chi connectivity index (χ0n) is 11.3. The summed E-state index contributed by atoms with van der Waals surface area (Å²) >= 11 is 0. The van der Waals surface area contributed by atoms with Crippen LogP contribution in [0.2, 0.25) is 0 Å². The molecule has 3 atom stereocenters. The number of rotatable bonds is 7. The van der Waals surface area contributed by atoms with Gasteiger partial charge in [-0.25, -0.2) is 9.38 Å². The molecular weight excluding hydrogens is 267 g/mol. The van der Waals surface area contributed by atoms with Crippen LogP contribution >= 0.6 is 0 Å². The van der Waals surface area contributed by atoms with Crippen LogP contribution in [0.1, 0.15) is 24.5 Å². The summed E-state index contributed by atoms with van der Waals surface area (Å²) in [6, 6.07) is 2.89.